The second kappa shape index (κ2) is 6.67. The molecule has 7 heteroatoms. The molecule has 0 radical (unpaired) electrons. The minimum atomic E-state index is -0.910. The third-order valence-corrected chi connectivity index (χ3v) is 2.31. The third-order valence-electron chi connectivity index (χ3n) is 1.47. The first-order chi connectivity index (χ1) is 7.72. The molecule has 1 atom stereocenters. The lowest BCUT2D eigenvalue weighted by atomic mass is 10.5. The van der Waals surface area contributed by atoms with Gasteiger partial charge in [-0.05, 0) is 12.1 Å². The number of nitrogens with two attached hydrogens (primary N) is 1. The number of carbonyl (C=O) groups is 2. The largest absolute Gasteiger partial charge is 0.416 e. The number of thioether (sulfide) groups is 1. The normalized spacial score (nSPS) is 11.5. The lowest BCUT2D eigenvalue weighted by Crippen LogP contribution is -2.27. The van der Waals surface area contributed by atoms with Crippen molar-refractivity contribution in [2.45, 2.75) is 5.56 Å². The molecule has 0 fully saturated rings. The Morgan fingerprint density at radius 2 is 2.50 bits per heavy atom. The predicted octanol–water partition coefficient (Wildman–Crippen LogP) is 0.804. The zero-order valence-electron chi connectivity index (χ0n) is 8.33. The zero-order chi connectivity index (χ0) is 11.8. The molecular formula is C9H11N3O3S. The van der Waals surface area contributed by atoms with E-state index in [9.17, 15) is 9.59 Å². The predicted molar refractivity (Wildman–Crippen MR) is 60.8 cm³/mol. The van der Waals surface area contributed by atoms with Gasteiger partial charge in [-0.15, -0.1) is 0 Å². The number of nitrogens with zero attached hydrogens (tertiary/aromatic N) is 1. The molecule has 1 aromatic heterocycles. The Hall–Kier alpha value is -1.76. The van der Waals surface area contributed by atoms with E-state index in [4.69, 9.17) is 10.5 Å². The summed E-state index contributed by atoms with van der Waals surface area (Å²) in [5.74, 6) is 0.727. The maximum Gasteiger partial charge on any atom is 0.407 e. The summed E-state index contributed by atoms with van der Waals surface area (Å²) in [4.78, 5) is 24.8. The van der Waals surface area contributed by atoms with E-state index in [1.807, 2.05) is 0 Å². The van der Waals surface area contributed by atoms with E-state index in [2.05, 4.69) is 10.3 Å². The Labute approximate surface area is 96.6 Å². The molecule has 6 nitrogen and oxygen atoms in total. The topological polar surface area (TPSA) is 94.3 Å². The fourth-order valence-electron chi connectivity index (χ4n) is 0.906. The minimum absolute atomic E-state index is 0.192. The van der Waals surface area contributed by atoms with Crippen LogP contribution in [0.25, 0.3) is 0 Å². The van der Waals surface area contributed by atoms with Crippen LogP contribution in [-0.2, 0) is 9.53 Å². The van der Waals surface area contributed by atoms with Gasteiger partial charge in [-0.1, -0.05) is 17.8 Å². The summed E-state index contributed by atoms with van der Waals surface area (Å²) in [6.07, 6.45) is 1.39. The fourth-order valence-corrected chi connectivity index (χ4v) is 1.53. The number of ether oxygens (including phenoxy) is 1. The monoisotopic (exact) mass is 241 g/mol. The van der Waals surface area contributed by atoms with Crippen LogP contribution in [0, 0.1) is 0 Å². The van der Waals surface area contributed by atoms with Crippen molar-refractivity contribution in [1.29, 1.82) is 0 Å². The van der Waals surface area contributed by atoms with Crippen molar-refractivity contribution in [3.63, 3.8) is 0 Å². The molecule has 1 heterocycles. The average molecular weight is 241 g/mol. The number of aromatic nitrogens is 1. The molecule has 0 saturated heterocycles. The second-order valence-electron chi connectivity index (χ2n) is 2.63. The molecule has 86 valence electrons. The van der Waals surface area contributed by atoms with Crippen LogP contribution < -0.4 is 11.1 Å². The van der Waals surface area contributed by atoms with Gasteiger partial charge < -0.3 is 20.6 Å². The van der Waals surface area contributed by atoms with Crippen LogP contribution >= 0.6 is 11.8 Å². The van der Waals surface area contributed by atoms with Crippen molar-refractivity contribution >= 4 is 30.0 Å². The van der Waals surface area contributed by atoms with Gasteiger partial charge in [0.15, 0.2) is 0 Å². The molecule has 1 aromatic rings. The Morgan fingerprint density at radius 3 is 3.06 bits per heavy atom. The number of aldehydes is 1. The number of amides is 1. The maximum atomic E-state index is 10.6. The van der Waals surface area contributed by atoms with Crippen LogP contribution in [0.2, 0.25) is 0 Å². The Balaban J connectivity index is 2.55. The van der Waals surface area contributed by atoms with Gasteiger partial charge in [-0.2, -0.15) is 0 Å². The van der Waals surface area contributed by atoms with Gasteiger partial charge >= 0.3 is 6.09 Å². The van der Waals surface area contributed by atoms with Crippen molar-refractivity contribution in [1.82, 2.24) is 4.98 Å². The van der Waals surface area contributed by atoms with Crippen LogP contribution in [-0.4, -0.2) is 28.7 Å². The van der Waals surface area contributed by atoms with E-state index < -0.39 is 11.7 Å². The van der Waals surface area contributed by atoms with Gasteiger partial charge in [0.25, 0.3) is 0 Å². The number of pyridine rings is 1. The summed E-state index contributed by atoms with van der Waals surface area (Å²) in [5.41, 5.74) is 4.17. The number of hydrogen-bond donors (Lipinski definition) is 2. The zero-order valence-corrected chi connectivity index (χ0v) is 9.15. The number of carbonyl (C=O) groups excluding carboxylic acids is 2. The Kier molecular flexibility index (Phi) is 5.13. The molecule has 0 saturated carbocycles. The van der Waals surface area contributed by atoms with Crippen LogP contribution in [0.3, 0.4) is 0 Å². The SMILES string of the molecule is NC(=O)OC(Nc1ccccn1)SCC=O. The minimum Gasteiger partial charge on any atom is -0.416 e. The van der Waals surface area contributed by atoms with E-state index in [1.165, 1.54) is 0 Å². The molecule has 0 aliphatic carbocycles. The Bertz CT molecular complexity index is 347. The summed E-state index contributed by atoms with van der Waals surface area (Å²) >= 11 is 1.10. The van der Waals surface area contributed by atoms with Crippen LogP contribution in [0.5, 0.6) is 0 Å². The molecule has 0 aliphatic rings. The highest BCUT2D eigenvalue weighted by molar-refractivity contribution is 8.00. The number of rotatable bonds is 6. The molecule has 1 unspecified atom stereocenters. The molecular weight excluding hydrogens is 230 g/mol. The molecule has 1 amide bonds. The number of hydrogen-bond acceptors (Lipinski definition) is 6. The van der Waals surface area contributed by atoms with E-state index in [0.717, 1.165) is 11.8 Å². The smallest absolute Gasteiger partial charge is 0.407 e. The second-order valence-corrected chi connectivity index (χ2v) is 3.72. The van der Waals surface area contributed by atoms with Gasteiger partial charge in [-0.3, -0.25) is 0 Å². The molecule has 16 heavy (non-hydrogen) atoms. The Morgan fingerprint density at radius 1 is 1.69 bits per heavy atom. The standard InChI is InChI=1S/C9H11N3O3S/c10-8(14)15-9(16-6-5-13)12-7-3-1-2-4-11-7/h1-5,9H,6H2,(H2,10,14)(H,11,12). The number of anilines is 1. The number of nitrogens with one attached hydrogen (secondary N) is 1. The van der Waals surface area contributed by atoms with Crippen molar-refractivity contribution in [3.8, 4) is 0 Å². The van der Waals surface area contributed by atoms with Crippen LogP contribution in [0.4, 0.5) is 10.6 Å². The lowest BCUT2D eigenvalue weighted by molar-refractivity contribution is -0.105. The van der Waals surface area contributed by atoms with Gasteiger partial charge in [0.1, 0.15) is 12.1 Å². The van der Waals surface area contributed by atoms with Crippen molar-refractivity contribution in [2.24, 2.45) is 5.73 Å². The lowest BCUT2D eigenvalue weighted by Gasteiger charge is -2.16. The van der Waals surface area contributed by atoms with Crippen LogP contribution in [0.15, 0.2) is 24.4 Å². The maximum absolute atomic E-state index is 10.6. The van der Waals surface area contributed by atoms with Gasteiger partial charge in [0.2, 0.25) is 5.56 Å². The summed E-state index contributed by atoms with van der Waals surface area (Å²) in [6, 6.07) is 5.24. The van der Waals surface area contributed by atoms with Crippen molar-refractivity contribution in [2.75, 3.05) is 11.1 Å². The fraction of sp³-hybridized carbons (Fsp3) is 0.222. The van der Waals surface area contributed by atoms with E-state index in [1.54, 1.807) is 24.4 Å². The highest BCUT2D eigenvalue weighted by atomic mass is 32.2. The molecule has 1 rings (SSSR count). The first-order valence-electron chi connectivity index (χ1n) is 4.41. The summed E-state index contributed by atoms with van der Waals surface area (Å²) in [7, 11) is 0. The highest BCUT2D eigenvalue weighted by Gasteiger charge is 2.12. The quantitative estimate of drug-likeness (QED) is 0.565. The molecule has 0 aliphatic heterocycles. The molecule has 0 bridgehead atoms. The molecule has 0 aromatic carbocycles. The summed E-state index contributed by atoms with van der Waals surface area (Å²) in [5, 5.41) is 2.82. The van der Waals surface area contributed by atoms with Gasteiger partial charge in [0, 0.05) is 6.20 Å². The first kappa shape index (κ1) is 12.3. The first-order valence-corrected chi connectivity index (χ1v) is 5.46. The van der Waals surface area contributed by atoms with Crippen LogP contribution in [0.1, 0.15) is 0 Å². The summed E-state index contributed by atoms with van der Waals surface area (Å²) < 4.78 is 4.75. The third kappa shape index (κ3) is 4.65. The van der Waals surface area contributed by atoms with Gasteiger partial charge in [0.05, 0.1) is 5.75 Å². The average Bonchev–Trinajstić information content (AvgIpc) is 2.26. The van der Waals surface area contributed by atoms with Gasteiger partial charge in [-0.25, -0.2) is 9.78 Å². The number of primary amides is 1. The summed E-state index contributed by atoms with van der Waals surface area (Å²) in [6.45, 7) is 0. The van der Waals surface area contributed by atoms with E-state index in [-0.39, 0.29) is 5.75 Å². The van der Waals surface area contributed by atoms with E-state index >= 15 is 0 Å². The van der Waals surface area contributed by atoms with E-state index in [0.29, 0.717) is 12.1 Å². The molecule has 0 spiro atoms. The molecule has 3 N–H and O–H groups in total. The highest BCUT2D eigenvalue weighted by Crippen LogP contribution is 2.14. The van der Waals surface area contributed by atoms with Crippen molar-refractivity contribution < 1.29 is 14.3 Å². The van der Waals surface area contributed by atoms with Crippen molar-refractivity contribution in [3.05, 3.63) is 24.4 Å².